The average molecular weight is 308 g/mol. The number of hydrogen-bond acceptors (Lipinski definition) is 3. The number of piperazine rings is 1. The molecule has 0 atom stereocenters. The van der Waals surface area contributed by atoms with E-state index < -0.39 is 0 Å². The van der Waals surface area contributed by atoms with Gasteiger partial charge in [0.25, 0.3) is 0 Å². The van der Waals surface area contributed by atoms with Crippen LogP contribution in [-0.4, -0.2) is 54.9 Å². The van der Waals surface area contributed by atoms with E-state index in [-0.39, 0.29) is 24.1 Å². The number of amides is 2. The number of halogens is 1. The first-order valence-corrected chi connectivity index (χ1v) is 7.43. The van der Waals surface area contributed by atoms with Gasteiger partial charge in [0.05, 0.1) is 13.5 Å². The van der Waals surface area contributed by atoms with E-state index in [4.69, 9.17) is 4.74 Å². The lowest BCUT2D eigenvalue weighted by Crippen LogP contribution is -2.50. The van der Waals surface area contributed by atoms with Crippen LogP contribution in [0, 0.1) is 5.82 Å². The SMILES string of the molecule is CCC(=O)N1CCN(C(=O)Cc2cc(F)ccc2OC)CC1. The molecule has 6 heteroatoms. The monoisotopic (exact) mass is 308 g/mol. The van der Waals surface area contributed by atoms with Crippen LogP contribution in [0.1, 0.15) is 18.9 Å². The number of methoxy groups -OCH3 is 1. The van der Waals surface area contributed by atoms with Gasteiger partial charge in [-0.05, 0) is 18.2 Å². The Labute approximate surface area is 129 Å². The van der Waals surface area contributed by atoms with Gasteiger partial charge in [-0.25, -0.2) is 4.39 Å². The molecule has 1 aliphatic rings. The first-order chi connectivity index (χ1) is 10.5. The van der Waals surface area contributed by atoms with Gasteiger partial charge in [0.15, 0.2) is 0 Å². The van der Waals surface area contributed by atoms with Gasteiger partial charge < -0.3 is 14.5 Å². The van der Waals surface area contributed by atoms with E-state index in [2.05, 4.69) is 0 Å². The average Bonchev–Trinajstić information content (AvgIpc) is 2.54. The minimum absolute atomic E-state index is 0.0764. The highest BCUT2D eigenvalue weighted by atomic mass is 19.1. The third kappa shape index (κ3) is 3.75. The second-order valence-corrected chi connectivity index (χ2v) is 5.25. The van der Waals surface area contributed by atoms with Gasteiger partial charge in [-0.15, -0.1) is 0 Å². The van der Waals surface area contributed by atoms with E-state index >= 15 is 0 Å². The normalized spacial score (nSPS) is 14.9. The summed E-state index contributed by atoms with van der Waals surface area (Å²) in [6.45, 7) is 3.97. The van der Waals surface area contributed by atoms with Gasteiger partial charge in [-0.3, -0.25) is 9.59 Å². The first-order valence-electron chi connectivity index (χ1n) is 7.43. The Bertz CT molecular complexity index is 554. The first kappa shape index (κ1) is 16.3. The van der Waals surface area contributed by atoms with Crippen LogP contribution in [0.25, 0.3) is 0 Å². The number of benzene rings is 1. The second-order valence-electron chi connectivity index (χ2n) is 5.25. The number of carbonyl (C=O) groups is 2. The van der Waals surface area contributed by atoms with Crippen molar-refractivity contribution in [2.24, 2.45) is 0 Å². The lowest BCUT2D eigenvalue weighted by molar-refractivity contribution is -0.139. The molecule has 0 aliphatic carbocycles. The van der Waals surface area contributed by atoms with Crippen molar-refractivity contribution in [3.05, 3.63) is 29.6 Å². The number of nitrogens with zero attached hydrogens (tertiary/aromatic N) is 2. The lowest BCUT2D eigenvalue weighted by Gasteiger charge is -2.34. The Hall–Kier alpha value is -2.11. The summed E-state index contributed by atoms with van der Waals surface area (Å²) >= 11 is 0. The van der Waals surface area contributed by atoms with Crippen molar-refractivity contribution < 1.29 is 18.7 Å². The highest BCUT2D eigenvalue weighted by Crippen LogP contribution is 2.20. The molecule has 5 nitrogen and oxygen atoms in total. The topological polar surface area (TPSA) is 49.9 Å². The van der Waals surface area contributed by atoms with Crippen LogP contribution >= 0.6 is 0 Å². The molecule has 1 aliphatic heterocycles. The van der Waals surface area contributed by atoms with E-state index in [1.54, 1.807) is 9.80 Å². The molecule has 22 heavy (non-hydrogen) atoms. The summed E-state index contributed by atoms with van der Waals surface area (Å²) in [5, 5.41) is 0. The molecule has 1 aromatic rings. The lowest BCUT2D eigenvalue weighted by atomic mass is 10.1. The maximum atomic E-state index is 13.3. The number of ether oxygens (including phenoxy) is 1. The maximum absolute atomic E-state index is 13.3. The zero-order valence-electron chi connectivity index (χ0n) is 13.0. The largest absolute Gasteiger partial charge is 0.496 e. The molecule has 0 spiro atoms. The molecule has 1 aromatic carbocycles. The van der Waals surface area contributed by atoms with E-state index in [1.807, 2.05) is 6.92 Å². The van der Waals surface area contributed by atoms with Crippen LogP contribution < -0.4 is 4.74 Å². The molecule has 0 bridgehead atoms. The number of carbonyl (C=O) groups excluding carboxylic acids is 2. The summed E-state index contributed by atoms with van der Waals surface area (Å²) in [5.41, 5.74) is 0.541. The molecule has 0 saturated carbocycles. The Morgan fingerprint density at radius 2 is 1.73 bits per heavy atom. The molecule has 2 amide bonds. The third-order valence-corrected chi connectivity index (χ3v) is 3.87. The maximum Gasteiger partial charge on any atom is 0.227 e. The predicted molar refractivity (Wildman–Crippen MR) is 80.1 cm³/mol. The minimum Gasteiger partial charge on any atom is -0.496 e. The van der Waals surface area contributed by atoms with Crippen molar-refractivity contribution in [3.63, 3.8) is 0 Å². The van der Waals surface area contributed by atoms with Crippen LogP contribution in [0.4, 0.5) is 4.39 Å². The van der Waals surface area contributed by atoms with Gasteiger partial charge in [0.2, 0.25) is 11.8 Å². The summed E-state index contributed by atoms with van der Waals surface area (Å²) in [7, 11) is 1.50. The summed E-state index contributed by atoms with van der Waals surface area (Å²) in [5.74, 6) is 0.155. The Morgan fingerprint density at radius 1 is 1.14 bits per heavy atom. The summed E-state index contributed by atoms with van der Waals surface area (Å²) < 4.78 is 18.5. The minimum atomic E-state index is -0.387. The van der Waals surface area contributed by atoms with Crippen LogP contribution in [0.15, 0.2) is 18.2 Å². The second kappa shape index (κ2) is 7.24. The van der Waals surface area contributed by atoms with E-state index in [0.717, 1.165) is 0 Å². The van der Waals surface area contributed by atoms with Gasteiger partial charge in [-0.2, -0.15) is 0 Å². The molecular weight excluding hydrogens is 287 g/mol. The Kier molecular flexibility index (Phi) is 5.35. The van der Waals surface area contributed by atoms with Crippen LogP contribution in [0.2, 0.25) is 0 Å². The summed E-state index contributed by atoms with van der Waals surface area (Å²) in [4.78, 5) is 27.4. The van der Waals surface area contributed by atoms with Crippen molar-refractivity contribution in [1.82, 2.24) is 9.80 Å². The smallest absolute Gasteiger partial charge is 0.227 e. The van der Waals surface area contributed by atoms with Crippen LogP contribution in [-0.2, 0) is 16.0 Å². The van der Waals surface area contributed by atoms with Crippen molar-refractivity contribution in [3.8, 4) is 5.75 Å². The van der Waals surface area contributed by atoms with Gasteiger partial charge in [-0.1, -0.05) is 6.92 Å². The zero-order chi connectivity index (χ0) is 16.1. The fourth-order valence-corrected chi connectivity index (χ4v) is 2.59. The van der Waals surface area contributed by atoms with Crippen LogP contribution in [0.5, 0.6) is 5.75 Å². The fraction of sp³-hybridized carbons (Fsp3) is 0.500. The molecule has 1 fully saturated rings. The summed E-state index contributed by atoms with van der Waals surface area (Å²) in [6, 6.07) is 4.16. The molecule has 0 unspecified atom stereocenters. The van der Waals surface area contributed by atoms with E-state index in [0.29, 0.717) is 43.9 Å². The molecule has 0 aromatic heterocycles. The molecule has 2 rings (SSSR count). The fourth-order valence-electron chi connectivity index (χ4n) is 2.59. The number of hydrogen-bond donors (Lipinski definition) is 0. The third-order valence-electron chi connectivity index (χ3n) is 3.87. The molecule has 1 heterocycles. The number of rotatable bonds is 4. The highest BCUT2D eigenvalue weighted by molar-refractivity contribution is 5.80. The van der Waals surface area contributed by atoms with Crippen molar-refractivity contribution in [2.75, 3.05) is 33.3 Å². The standard InChI is InChI=1S/C16H21FN2O3/c1-3-15(20)18-6-8-19(9-7-18)16(21)11-12-10-13(17)4-5-14(12)22-2/h4-5,10H,3,6-9,11H2,1-2H3. The Balaban J connectivity index is 1.96. The van der Waals surface area contributed by atoms with E-state index in [9.17, 15) is 14.0 Å². The molecule has 0 N–H and O–H groups in total. The predicted octanol–water partition coefficient (Wildman–Crippen LogP) is 1.46. The summed E-state index contributed by atoms with van der Waals surface area (Å²) in [6.07, 6.45) is 0.580. The molecular formula is C16H21FN2O3. The molecule has 0 radical (unpaired) electrons. The Morgan fingerprint density at radius 3 is 2.27 bits per heavy atom. The molecule has 120 valence electrons. The quantitative estimate of drug-likeness (QED) is 0.846. The highest BCUT2D eigenvalue weighted by Gasteiger charge is 2.24. The van der Waals surface area contributed by atoms with Gasteiger partial charge in [0, 0.05) is 38.2 Å². The van der Waals surface area contributed by atoms with Crippen LogP contribution in [0.3, 0.4) is 0 Å². The van der Waals surface area contributed by atoms with Crippen molar-refractivity contribution in [2.45, 2.75) is 19.8 Å². The molecule has 1 saturated heterocycles. The van der Waals surface area contributed by atoms with Gasteiger partial charge >= 0.3 is 0 Å². The zero-order valence-corrected chi connectivity index (χ0v) is 13.0. The van der Waals surface area contributed by atoms with E-state index in [1.165, 1.54) is 25.3 Å². The van der Waals surface area contributed by atoms with Crippen molar-refractivity contribution in [1.29, 1.82) is 0 Å². The van der Waals surface area contributed by atoms with Gasteiger partial charge in [0.1, 0.15) is 11.6 Å². The van der Waals surface area contributed by atoms with Crippen molar-refractivity contribution >= 4 is 11.8 Å².